The average Bonchev–Trinajstić information content (AvgIpc) is 2.58. The zero-order chi connectivity index (χ0) is 17.5. The van der Waals surface area contributed by atoms with Crippen LogP contribution in [-0.4, -0.2) is 25.5 Å². The molecule has 0 N–H and O–H groups in total. The third-order valence-corrected chi connectivity index (χ3v) is 3.70. The Hall–Kier alpha value is -2.60. The molecule has 2 aromatic carbocycles. The first-order valence-electron chi connectivity index (χ1n) is 6.98. The van der Waals surface area contributed by atoms with Gasteiger partial charge in [0, 0.05) is 5.56 Å². The highest BCUT2D eigenvalue weighted by Gasteiger charge is 2.05. The number of rotatable bonds is 7. The molecule has 0 aromatic heterocycles. The summed E-state index contributed by atoms with van der Waals surface area (Å²) in [7, 11) is 1.58. The van der Waals surface area contributed by atoms with Crippen LogP contribution in [0.3, 0.4) is 0 Å². The summed E-state index contributed by atoms with van der Waals surface area (Å²) >= 11 is 3.38. The minimum atomic E-state index is -1.32. The van der Waals surface area contributed by atoms with Crippen LogP contribution in [0.2, 0.25) is 0 Å². The van der Waals surface area contributed by atoms with Crippen molar-refractivity contribution in [2.45, 2.75) is 0 Å². The minimum Gasteiger partial charge on any atom is -0.546 e. The van der Waals surface area contributed by atoms with Crippen molar-refractivity contribution in [2.24, 2.45) is 0 Å². The lowest BCUT2D eigenvalue weighted by molar-refractivity contribution is -0.307. The number of halogens is 1. The van der Waals surface area contributed by atoms with Gasteiger partial charge >= 0.3 is 0 Å². The Bertz CT molecular complexity index is 783. The number of hydrogen-bond donors (Lipinski definition) is 0. The van der Waals surface area contributed by atoms with Crippen LogP contribution in [0.15, 0.2) is 53.0 Å². The van der Waals surface area contributed by atoms with Crippen molar-refractivity contribution in [1.82, 2.24) is 0 Å². The maximum Gasteiger partial charge on any atom is 0.185 e. The number of carboxylic acids is 1. The molecule has 2 aromatic rings. The highest BCUT2D eigenvalue weighted by Crippen LogP contribution is 2.26. The predicted octanol–water partition coefficient (Wildman–Crippen LogP) is 2.48. The predicted molar refractivity (Wildman–Crippen MR) is 91.0 cm³/mol. The number of carbonyl (C=O) groups is 2. The van der Waals surface area contributed by atoms with Crippen LogP contribution in [0, 0.1) is 0 Å². The highest BCUT2D eigenvalue weighted by atomic mass is 79.9. The van der Waals surface area contributed by atoms with Gasteiger partial charge in [-0.3, -0.25) is 4.79 Å². The second-order valence-electron chi connectivity index (χ2n) is 4.78. The third kappa shape index (κ3) is 4.96. The van der Waals surface area contributed by atoms with Crippen molar-refractivity contribution in [3.05, 3.63) is 64.1 Å². The van der Waals surface area contributed by atoms with Gasteiger partial charge in [0.15, 0.2) is 5.78 Å². The number of allylic oxidation sites excluding steroid dienone is 1. The molecule has 6 heteroatoms. The zero-order valence-electron chi connectivity index (χ0n) is 12.8. The van der Waals surface area contributed by atoms with Crippen LogP contribution in [0.1, 0.15) is 15.9 Å². The van der Waals surface area contributed by atoms with Crippen molar-refractivity contribution in [3.8, 4) is 11.5 Å². The summed E-state index contributed by atoms with van der Waals surface area (Å²) in [5, 5.41) is 10.4. The first-order chi connectivity index (χ1) is 11.5. The molecule has 0 bridgehead atoms. The molecule has 0 aliphatic carbocycles. The molecule has 2 rings (SSSR count). The summed E-state index contributed by atoms with van der Waals surface area (Å²) in [6.45, 7) is -0.562. The lowest BCUT2D eigenvalue weighted by Gasteiger charge is -2.07. The molecule has 0 spiro atoms. The van der Waals surface area contributed by atoms with E-state index in [1.165, 1.54) is 12.1 Å². The average molecular weight is 390 g/mol. The molecule has 0 aliphatic heterocycles. The van der Waals surface area contributed by atoms with Gasteiger partial charge in [0.2, 0.25) is 0 Å². The molecule has 0 saturated heterocycles. The molecular formula is C18H14BrO5-. The van der Waals surface area contributed by atoms with E-state index in [1.807, 2.05) is 12.1 Å². The Morgan fingerprint density at radius 3 is 2.67 bits per heavy atom. The minimum absolute atomic E-state index is 0.221. The molecule has 0 heterocycles. The molecule has 0 radical (unpaired) electrons. The molecule has 0 saturated carbocycles. The number of carbonyl (C=O) groups excluding carboxylic acids is 2. The second-order valence-corrected chi connectivity index (χ2v) is 5.63. The van der Waals surface area contributed by atoms with Gasteiger partial charge in [0.1, 0.15) is 18.1 Å². The Morgan fingerprint density at radius 1 is 1.21 bits per heavy atom. The van der Waals surface area contributed by atoms with E-state index in [-0.39, 0.29) is 5.78 Å². The van der Waals surface area contributed by atoms with Crippen molar-refractivity contribution < 1.29 is 24.2 Å². The quantitative estimate of drug-likeness (QED) is 0.537. The van der Waals surface area contributed by atoms with Gasteiger partial charge in [-0.05, 0) is 51.8 Å². The topological polar surface area (TPSA) is 75.7 Å². The Kier molecular flexibility index (Phi) is 6.14. The molecule has 0 fully saturated rings. The zero-order valence-corrected chi connectivity index (χ0v) is 14.4. The standard InChI is InChI=1S/C18H15BrO5/c1-23-17-8-6-12(9-15(17)19)5-7-16(20)13-3-2-4-14(10-13)24-11-18(21)22/h2-10H,11H2,1H3,(H,21,22)/p-1/b7-5+. The van der Waals surface area contributed by atoms with E-state index in [2.05, 4.69) is 15.9 Å². The largest absolute Gasteiger partial charge is 0.546 e. The van der Waals surface area contributed by atoms with Crippen molar-refractivity contribution >= 4 is 33.8 Å². The number of ether oxygens (including phenoxy) is 2. The van der Waals surface area contributed by atoms with E-state index in [0.717, 1.165) is 10.0 Å². The Balaban J connectivity index is 2.10. The Morgan fingerprint density at radius 2 is 2.00 bits per heavy atom. The maximum atomic E-state index is 12.2. The number of carboxylic acid groups (broad SMARTS) is 1. The SMILES string of the molecule is COc1ccc(/C=C/C(=O)c2cccc(OCC(=O)[O-])c2)cc1Br. The summed E-state index contributed by atoms with van der Waals surface area (Å²) in [5.74, 6) is -0.542. The van der Waals surface area contributed by atoms with Gasteiger partial charge in [-0.15, -0.1) is 0 Å². The molecule has 0 unspecified atom stereocenters. The summed E-state index contributed by atoms with van der Waals surface area (Å²) in [6.07, 6.45) is 3.12. The number of ketones is 1. The van der Waals surface area contributed by atoms with Crippen LogP contribution >= 0.6 is 15.9 Å². The van der Waals surface area contributed by atoms with Gasteiger partial charge < -0.3 is 19.4 Å². The van der Waals surface area contributed by atoms with E-state index in [1.54, 1.807) is 37.5 Å². The molecule has 24 heavy (non-hydrogen) atoms. The van der Waals surface area contributed by atoms with Crippen molar-refractivity contribution in [3.63, 3.8) is 0 Å². The van der Waals surface area contributed by atoms with E-state index in [9.17, 15) is 14.7 Å². The summed E-state index contributed by atoms with van der Waals surface area (Å²) < 4.78 is 10.9. The summed E-state index contributed by atoms with van der Waals surface area (Å²) in [4.78, 5) is 22.6. The van der Waals surface area contributed by atoms with Crippen LogP contribution in [0.25, 0.3) is 6.08 Å². The smallest absolute Gasteiger partial charge is 0.185 e. The lowest BCUT2D eigenvalue weighted by atomic mass is 10.1. The number of methoxy groups -OCH3 is 1. The van der Waals surface area contributed by atoms with Gasteiger partial charge in [0.05, 0.1) is 17.6 Å². The summed E-state index contributed by atoms with van der Waals surface area (Å²) in [6, 6.07) is 11.8. The normalized spacial score (nSPS) is 10.6. The van der Waals surface area contributed by atoms with Crippen molar-refractivity contribution in [2.75, 3.05) is 13.7 Å². The van der Waals surface area contributed by atoms with Crippen LogP contribution < -0.4 is 14.6 Å². The summed E-state index contributed by atoms with van der Waals surface area (Å²) in [5.41, 5.74) is 1.23. The molecule has 124 valence electrons. The lowest BCUT2D eigenvalue weighted by Crippen LogP contribution is -2.28. The molecule has 0 atom stereocenters. The monoisotopic (exact) mass is 389 g/mol. The first-order valence-corrected chi connectivity index (χ1v) is 7.77. The second kappa shape index (κ2) is 8.31. The Labute approximate surface area is 147 Å². The van der Waals surface area contributed by atoms with Crippen LogP contribution in [0.5, 0.6) is 11.5 Å². The van der Waals surface area contributed by atoms with Crippen LogP contribution in [0.4, 0.5) is 0 Å². The van der Waals surface area contributed by atoms with E-state index in [4.69, 9.17) is 9.47 Å². The fourth-order valence-corrected chi connectivity index (χ4v) is 2.49. The van der Waals surface area contributed by atoms with Crippen molar-refractivity contribution in [1.29, 1.82) is 0 Å². The van der Waals surface area contributed by atoms with Crippen LogP contribution in [-0.2, 0) is 4.79 Å². The molecular weight excluding hydrogens is 376 g/mol. The van der Waals surface area contributed by atoms with Gasteiger partial charge in [-0.25, -0.2) is 0 Å². The fraction of sp³-hybridized carbons (Fsp3) is 0.111. The van der Waals surface area contributed by atoms with E-state index in [0.29, 0.717) is 17.1 Å². The van der Waals surface area contributed by atoms with E-state index < -0.39 is 12.6 Å². The fourth-order valence-electron chi connectivity index (χ4n) is 1.94. The molecule has 5 nitrogen and oxygen atoms in total. The highest BCUT2D eigenvalue weighted by molar-refractivity contribution is 9.10. The third-order valence-electron chi connectivity index (χ3n) is 3.08. The maximum absolute atomic E-state index is 12.2. The first kappa shape index (κ1) is 17.7. The number of benzene rings is 2. The van der Waals surface area contributed by atoms with Gasteiger partial charge in [-0.1, -0.05) is 24.3 Å². The number of aliphatic carboxylic acids is 1. The molecule has 0 aliphatic rings. The molecule has 0 amide bonds. The van der Waals surface area contributed by atoms with Gasteiger partial charge in [0.25, 0.3) is 0 Å². The number of hydrogen-bond acceptors (Lipinski definition) is 5. The van der Waals surface area contributed by atoms with Gasteiger partial charge in [-0.2, -0.15) is 0 Å². The van der Waals surface area contributed by atoms with E-state index >= 15 is 0 Å².